The minimum atomic E-state index is 0.0227. The predicted molar refractivity (Wildman–Crippen MR) is 92.8 cm³/mol. The molecule has 1 aliphatic rings. The van der Waals surface area contributed by atoms with Crippen molar-refractivity contribution in [2.45, 2.75) is 32.2 Å². The highest BCUT2D eigenvalue weighted by atomic mass is 16.1. The summed E-state index contributed by atoms with van der Waals surface area (Å²) in [5, 5.41) is 3.14. The van der Waals surface area contributed by atoms with Gasteiger partial charge in [0.15, 0.2) is 0 Å². The molecule has 0 saturated carbocycles. The Morgan fingerprint density at radius 2 is 1.91 bits per heavy atom. The summed E-state index contributed by atoms with van der Waals surface area (Å²) >= 11 is 0. The third-order valence-electron chi connectivity index (χ3n) is 4.41. The van der Waals surface area contributed by atoms with E-state index in [1.165, 1.54) is 5.56 Å². The van der Waals surface area contributed by atoms with Crippen molar-refractivity contribution in [1.29, 1.82) is 0 Å². The Morgan fingerprint density at radius 1 is 1.17 bits per heavy atom. The van der Waals surface area contributed by atoms with E-state index in [9.17, 15) is 4.79 Å². The molecule has 1 fully saturated rings. The van der Waals surface area contributed by atoms with Gasteiger partial charge in [-0.25, -0.2) is 4.98 Å². The Bertz CT molecular complexity index is 631. The highest BCUT2D eigenvalue weighted by molar-refractivity contribution is 5.94. The van der Waals surface area contributed by atoms with Crippen molar-refractivity contribution in [1.82, 2.24) is 10.3 Å². The summed E-state index contributed by atoms with van der Waals surface area (Å²) in [5.41, 5.74) is 1.99. The van der Waals surface area contributed by atoms with Gasteiger partial charge in [0.25, 0.3) is 5.91 Å². The van der Waals surface area contributed by atoms with E-state index in [1.807, 2.05) is 36.5 Å². The van der Waals surface area contributed by atoms with E-state index >= 15 is 0 Å². The second kappa shape index (κ2) is 7.27. The average molecular weight is 309 g/mol. The molecule has 1 aliphatic heterocycles. The van der Waals surface area contributed by atoms with Crippen LogP contribution in [-0.2, 0) is 6.42 Å². The lowest BCUT2D eigenvalue weighted by atomic mass is 10.0. The third-order valence-corrected chi connectivity index (χ3v) is 4.41. The Labute approximate surface area is 137 Å². The normalized spacial score (nSPS) is 15.4. The SMILES string of the molecule is CCc1ccc(N2CCC(NC(=O)c3ccccc3)CC2)nc1. The minimum absolute atomic E-state index is 0.0227. The molecule has 0 aliphatic carbocycles. The molecule has 0 unspecified atom stereocenters. The van der Waals surface area contributed by atoms with Crippen molar-refractivity contribution in [3.05, 3.63) is 59.8 Å². The van der Waals surface area contributed by atoms with Crippen LogP contribution in [0.25, 0.3) is 0 Å². The van der Waals surface area contributed by atoms with Crippen molar-refractivity contribution in [3.63, 3.8) is 0 Å². The summed E-state index contributed by atoms with van der Waals surface area (Å²) < 4.78 is 0. The van der Waals surface area contributed by atoms with Gasteiger partial charge >= 0.3 is 0 Å². The van der Waals surface area contributed by atoms with E-state index < -0.39 is 0 Å². The van der Waals surface area contributed by atoms with Gasteiger partial charge in [-0.05, 0) is 43.0 Å². The van der Waals surface area contributed by atoms with Crippen LogP contribution in [0.5, 0.6) is 0 Å². The number of nitrogens with one attached hydrogen (secondary N) is 1. The number of hydrogen-bond acceptors (Lipinski definition) is 3. The van der Waals surface area contributed by atoms with Crippen LogP contribution in [0.2, 0.25) is 0 Å². The number of rotatable bonds is 4. The van der Waals surface area contributed by atoms with Gasteiger partial charge in [-0.15, -0.1) is 0 Å². The van der Waals surface area contributed by atoms with Crippen molar-refractivity contribution in [2.75, 3.05) is 18.0 Å². The van der Waals surface area contributed by atoms with Crippen LogP contribution >= 0.6 is 0 Å². The van der Waals surface area contributed by atoms with E-state index in [0.717, 1.165) is 43.7 Å². The maximum atomic E-state index is 12.2. The lowest BCUT2D eigenvalue weighted by molar-refractivity contribution is 0.0931. The molecule has 2 heterocycles. The number of carbonyl (C=O) groups is 1. The van der Waals surface area contributed by atoms with Gasteiger partial charge in [0, 0.05) is 30.9 Å². The number of hydrogen-bond donors (Lipinski definition) is 1. The van der Waals surface area contributed by atoms with Gasteiger partial charge in [-0.1, -0.05) is 31.2 Å². The molecule has 0 bridgehead atoms. The maximum Gasteiger partial charge on any atom is 0.251 e. The second-order valence-electron chi connectivity index (χ2n) is 5.98. The van der Waals surface area contributed by atoms with Crippen LogP contribution in [0.1, 0.15) is 35.7 Å². The minimum Gasteiger partial charge on any atom is -0.356 e. The molecule has 120 valence electrons. The average Bonchev–Trinajstić information content (AvgIpc) is 2.63. The molecule has 1 aromatic carbocycles. The number of aryl methyl sites for hydroxylation is 1. The molecule has 0 radical (unpaired) electrons. The van der Waals surface area contributed by atoms with Gasteiger partial charge in [0.2, 0.25) is 0 Å². The van der Waals surface area contributed by atoms with Crippen molar-refractivity contribution in [3.8, 4) is 0 Å². The molecule has 23 heavy (non-hydrogen) atoms. The molecule has 1 amide bonds. The first-order valence-electron chi connectivity index (χ1n) is 8.32. The number of carbonyl (C=O) groups excluding carboxylic acids is 1. The van der Waals surface area contributed by atoms with Gasteiger partial charge in [-0.3, -0.25) is 4.79 Å². The Hall–Kier alpha value is -2.36. The summed E-state index contributed by atoms with van der Waals surface area (Å²) in [6.07, 6.45) is 4.88. The molecule has 0 atom stereocenters. The van der Waals surface area contributed by atoms with Gasteiger partial charge in [0.1, 0.15) is 5.82 Å². The van der Waals surface area contributed by atoms with Gasteiger partial charge < -0.3 is 10.2 Å². The lowest BCUT2D eigenvalue weighted by Crippen LogP contribution is -2.44. The number of nitrogens with zero attached hydrogens (tertiary/aromatic N) is 2. The van der Waals surface area contributed by atoms with Crippen LogP contribution in [0.3, 0.4) is 0 Å². The fourth-order valence-corrected chi connectivity index (χ4v) is 2.92. The summed E-state index contributed by atoms with van der Waals surface area (Å²) in [4.78, 5) is 19.0. The van der Waals surface area contributed by atoms with E-state index in [-0.39, 0.29) is 11.9 Å². The molecule has 4 heteroatoms. The standard InChI is InChI=1S/C19H23N3O/c1-2-15-8-9-18(20-14-15)22-12-10-17(11-13-22)21-19(23)16-6-4-3-5-7-16/h3-9,14,17H,2,10-13H2,1H3,(H,21,23). The predicted octanol–water partition coefficient (Wildman–Crippen LogP) is 3.04. The zero-order valence-electron chi connectivity index (χ0n) is 13.5. The molecule has 1 saturated heterocycles. The zero-order chi connectivity index (χ0) is 16.1. The topological polar surface area (TPSA) is 45.2 Å². The monoisotopic (exact) mass is 309 g/mol. The van der Waals surface area contributed by atoms with E-state index in [0.29, 0.717) is 0 Å². The number of benzene rings is 1. The number of pyridine rings is 1. The quantitative estimate of drug-likeness (QED) is 0.944. The molecule has 0 spiro atoms. The number of piperidine rings is 1. The summed E-state index contributed by atoms with van der Waals surface area (Å²) in [7, 11) is 0. The summed E-state index contributed by atoms with van der Waals surface area (Å²) in [6.45, 7) is 3.99. The van der Waals surface area contributed by atoms with Crippen LogP contribution in [-0.4, -0.2) is 30.0 Å². The Morgan fingerprint density at radius 3 is 2.52 bits per heavy atom. The first-order chi connectivity index (χ1) is 11.3. The van der Waals surface area contributed by atoms with Crippen molar-refractivity contribution >= 4 is 11.7 Å². The smallest absolute Gasteiger partial charge is 0.251 e. The highest BCUT2D eigenvalue weighted by Crippen LogP contribution is 2.18. The molecule has 4 nitrogen and oxygen atoms in total. The lowest BCUT2D eigenvalue weighted by Gasteiger charge is -2.33. The van der Waals surface area contributed by atoms with Crippen LogP contribution in [0, 0.1) is 0 Å². The van der Waals surface area contributed by atoms with Crippen LogP contribution < -0.4 is 10.2 Å². The number of aromatic nitrogens is 1. The Kier molecular flexibility index (Phi) is 4.91. The highest BCUT2D eigenvalue weighted by Gasteiger charge is 2.21. The number of anilines is 1. The molecule has 2 aromatic rings. The number of amides is 1. The van der Waals surface area contributed by atoms with Crippen molar-refractivity contribution < 1.29 is 4.79 Å². The Balaban J connectivity index is 1.53. The zero-order valence-corrected chi connectivity index (χ0v) is 13.5. The fourth-order valence-electron chi connectivity index (χ4n) is 2.92. The first kappa shape index (κ1) is 15.5. The maximum absolute atomic E-state index is 12.2. The van der Waals surface area contributed by atoms with Crippen molar-refractivity contribution in [2.24, 2.45) is 0 Å². The second-order valence-corrected chi connectivity index (χ2v) is 5.98. The first-order valence-corrected chi connectivity index (χ1v) is 8.32. The molecular weight excluding hydrogens is 286 g/mol. The van der Waals surface area contributed by atoms with Crippen LogP contribution in [0.15, 0.2) is 48.7 Å². The van der Waals surface area contributed by atoms with Gasteiger partial charge in [-0.2, -0.15) is 0 Å². The fraction of sp³-hybridized carbons (Fsp3) is 0.368. The van der Waals surface area contributed by atoms with E-state index in [4.69, 9.17) is 0 Å². The molecule has 1 aromatic heterocycles. The summed E-state index contributed by atoms with van der Waals surface area (Å²) in [6, 6.07) is 13.9. The van der Waals surface area contributed by atoms with Gasteiger partial charge in [0.05, 0.1) is 0 Å². The summed E-state index contributed by atoms with van der Waals surface area (Å²) in [5.74, 6) is 1.06. The van der Waals surface area contributed by atoms with E-state index in [1.54, 1.807) is 0 Å². The molecule has 1 N–H and O–H groups in total. The molecule has 3 rings (SSSR count). The largest absolute Gasteiger partial charge is 0.356 e. The van der Waals surface area contributed by atoms with E-state index in [2.05, 4.69) is 34.3 Å². The van der Waals surface area contributed by atoms with Crippen LogP contribution in [0.4, 0.5) is 5.82 Å². The third kappa shape index (κ3) is 3.89. The molecular formula is C19H23N3O.